The van der Waals surface area contributed by atoms with E-state index in [2.05, 4.69) is 10.2 Å². The summed E-state index contributed by atoms with van der Waals surface area (Å²) in [7, 11) is 1.45. The summed E-state index contributed by atoms with van der Waals surface area (Å²) >= 11 is 6.41. The highest BCUT2D eigenvalue weighted by Gasteiger charge is 2.40. The van der Waals surface area contributed by atoms with Crippen LogP contribution in [0.4, 0.5) is 26.3 Å². The maximum atomic E-state index is 13.4. The molecule has 2 aromatic rings. The van der Waals surface area contributed by atoms with Crippen molar-refractivity contribution in [1.82, 2.24) is 15.1 Å². The van der Waals surface area contributed by atoms with Gasteiger partial charge in [-0.1, -0.05) is 23.7 Å². The largest absolute Gasteiger partial charge is 0.416 e. The van der Waals surface area contributed by atoms with E-state index < -0.39 is 41.0 Å². The van der Waals surface area contributed by atoms with E-state index in [-0.39, 0.29) is 36.8 Å². The second-order valence-corrected chi connectivity index (χ2v) is 10.6. The lowest BCUT2D eigenvalue weighted by molar-refractivity contribution is -0.143. The first-order valence-corrected chi connectivity index (χ1v) is 12.9. The Hall–Kier alpha value is -1.72. The topological polar surface area (TPSA) is 35.6 Å². The molecule has 2 aliphatic rings. The first-order chi connectivity index (χ1) is 17.8. The van der Waals surface area contributed by atoms with Crippen LogP contribution in [0, 0.1) is 6.92 Å². The van der Waals surface area contributed by atoms with Crippen molar-refractivity contribution in [2.45, 2.75) is 56.5 Å². The monoisotopic (exact) mass is 633 g/mol. The number of carbonyl (C=O) groups excluding carboxylic acids is 1. The third kappa shape index (κ3) is 7.76. The number of rotatable bonds is 4. The molecule has 13 heteroatoms. The normalized spacial score (nSPS) is 20.8. The molecular weight excluding hydrogens is 603 g/mol. The predicted molar refractivity (Wildman–Crippen MR) is 148 cm³/mol. The highest BCUT2D eigenvalue weighted by atomic mass is 35.5. The molecule has 4 nitrogen and oxygen atoms in total. The van der Waals surface area contributed by atoms with Crippen LogP contribution in [0.1, 0.15) is 57.8 Å². The molecule has 224 valence electrons. The molecule has 2 saturated heterocycles. The Morgan fingerprint density at radius 2 is 1.52 bits per heavy atom. The van der Waals surface area contributed by atoms with E-state index >= 15 is 0 Å². The molecular formula is C27H32Cl3F6N3O. The average molecular weight is 635 g/mol. The van der Waals surface area contributed by atoms with Gasteiger partial charge in [0.2, 0.25) is 0 Å². The van der Waals surface area contributed by atoms with Crippen LogP contribution in [-0.2, 0) is 12.4 Å². The first kappa shape index (κ1) is 34.5. The minimum atomic E-state index is -5.03. The van der Waals surface area contributed by atoms with E-state index in [1.807, 2.05) is 25.1 Å². The van der Waals surface area contributed by atoms with Gasteiger partial charge in [0.05, 0.1) is 11.1 Å². The van der Waals surface area contributed by atoms with Crippen molar-refractivity contribution in [2.24, 2.45) is 0 Å². The number of hydrogen-bond acceptors (Lipinski definition) is 3. The fourth-order valence-corrected chi connectivity index (χ4v) is 5.72. The molecule has 0 spiro atoms. The fraction of sp³-hybridized carbons (Fsp3) is 0.519. The molecule has 0 radical (unpaired) electrons. The number of nitrogens with zero attached hydrogens (tertiary/aromatic N) is 2. The molecule has 2 atom stereocenters. The molecule has 4 rings (SSSR count). The first-order valence-electron chi connectivity index (χ1n) is 12.5. The van der Waals surface area contributed by atoms with Gasteiger partial charge in [-0.25, -0.2) is 0 Å². The molecule has 40 heavy (non-hydrogen) atoms. The van der Waals surface area contributed by atoms with E-state index in [1.54, 1.807) is 0 Å². The Labute approximate surface area is 247 Å². The summed E-state index contributed by atoms with van der Waals surface area (Å²) in [4.78, 5) is 17.1. The zero-order valence-corrected chi connectivity index (χ0v) is 24.3. The summed E-state index contributed by atoms with van der Waals surface area (Å²) < 4.78 is 80.5. The van der Waals surface area contributed by atoms with Gasteiger partial charge in [0.15, 0.2) is 0 Å². The summed E-state index contributed by atoms with van der Waals surface area (Å²) in [6.45, 7) is 4.94. The maximum absolute atomic E-state index is 13.4. The molecule has 1 N–H and O–H groups in total. The standard InChI is InChI=1S/C27H30ClF6N3O.2ClH/c1-16-3-4-17(13-23(16)28)22-15-37(21-5-8-35-9-6-21)10-7-24(22)36(2)25(38)18-11-19(26(29,30)31)14-20(12-18)27(32,33)34;;/h3-4,11-14,21-22,24,35H,5-10,15H2,1-2H3;2*1H/t22-,24+;;/m0../s1. The van der Waals surface area contributed by atoms with Gasteiger partial charge in [0, 0.05) is 48.7 Å². The van der Waals surface area contributed by atoms with Gasteiger partial charge >= 0.3 is 12.4 Å². The minimum Gasteiger partial charge on any atom is -0.338 e. The molecule has 0 aliphatic carbocycles. The summed E-state index contributed by atoms with van der Waals surface area (Å²) in [5.41, 5.74) is -1.90. The van der Waals surface area contributed by atoms with Crippen LogP contribution < -0.4 is 5.32 Å². The van der Waals surface area contributed by atoms with Gasteiger partial charge in [-0.2, -0.15) is 26.3 Å². The number of amides is 1. The van der Waals surface area contributed by atoms with Gasteiger partial charge in [-0.15, -0.1) is 24.8 Å². The molecule has 2 aromatic carbocycles. The summed E-state index contributed by atoms with van der Waals surface area (Å²) in [5, 5.41) is 3.90. The van der Waals surface area contributed by atoms with Crippen molar-refractivity contribution in [2.75, 3.05) is 33.2 Å². The lowest BCUT2D eigenvalue weighted by Crippen LogP contribution is -2.54. The highest BCUT2D eigenvalue weighted by Crippen LogP contribution is 2.38. The zero-order valence-electron chi connectivity index (χ0n) is 21.9. The third-order valence-corrected chi connectivity index (χ3v) is 8.12. The lowest BCUT2D eigenvalue weighted by atomic mass is 9.83. The van der Waals surface area contributed by atoms with Crippen LogP contribution in [0.2, 0.25) is 5.02 Å². The Bertz CT molecular complexity index is 1140. The van der Waals surface area contributed by atoms with Crippen LogP contribution in [0.25, 0.3) is 0 Å². The number of halogens is 9. The SMILES string of the molecule is Cc1ccc([C@@H]2CN(C3CCNCC3)CC[C@H]2N(C)C(=O)c2cc(C(F)(F)F)cc(C(F)(F)F)c2)cc1Cl.Cl.Cl. The van der Waals surface area contributed by atoms with Crippen molar-refractivity contribution >= 4 is 42.3 Å². The van der Waals surface area contributed by atoms with Crippen molar-refractivity contribution < 1.29 is 31.1 Å². The minimum absolute atomic E-state index is 0. The number of nitrogens with one attached hydrogen (secondary N) is 1. The molecule has 0 aromatic heterocycles. The third-order valence-electron chi connectivity index (χ3n) is 7.71. The maximum Gasteiger partial charge on any atom is 0.416 e. The number of likely N-dealkylation sites (tertiary alicyclic amines) is 1. The number of benzene rings is 2. The van der Waals surface area contributed by atoms with Gasteiger partial charge in [0.1, 0.15) is 0 Å². The van der Waals surface area contributed by atoms with E-state index in [0.717, 1.165) is 37.1 Å². The van der Waals surface area contributed by atoms with Gasteiger partial charge in [-0.3, -0.25) is 9.69 Å². The Balaban J connectivity index is 0.00000280. The summed E-state index contributed by atoms with van der Waals surface area (Å²) in [5.74, 6) is -1.11. The summed E-state index contributed by atoms with van der Waals surface area (Å²) in [6.07, 6.45) is -7.59. The molecule has 1 amide bonds. The quantitative estimate of drug-likeness (QED) is 0.361. The van der Waals surface area contributed by atoms with Crippen LogP contribution in [-0.4, -0.2) is 61.0 Å². The van der Waals surface area contributed by atoms with Crippen LogP contribution in [0.15, 0.2) is 36.4 Å². The van der Waals surface area contributed by atoms with E-state index in [4.69, 9.17) is 11.6 Å². The van der Waals surface area contributed by atoms with Crippen molar-refractivity contribution in [3.8, 4) is 0 Å². The molecule has 0 bridgehead atoms. The van der Waals surface area contributed by atoms with Crippen molar-refractivity contribution in [1.29, 1.82) is 0 Å². The number of aryl methyl sites for hydroxylation is 1. The van der Waals surface area contributed by atoms with Gasteiger partial charge in [-0.05, 0) is 74.7 Å². The van der Waals surface area contributed by atoms with Gasteiger partial charge in [0.25, 0.3) is 5.91 Å². The summed E-state index contributed by atoms with van der Waals surface area (Å²) in [6, 6.07) is 6.59. The van der Waals surface area contributed by atoms with Gasteiger partial charge < -0.3 is 10.2 Å². The Kier molecular flexibility index (Phi) is 11.6. The number of likely N-dealkylation sites (N-methyl/N-ethyl adjacent to an activating group) is 1. The predicted octanol–water partition coefficient (Wildman–Crippen LogP) is 7.21. The van der Waals surface area contributed by atoms with E-state index in [9.17, 15) is 31.1 Å². The lowest BCUT2D eigenvalue weighted by Gasteiger charge is -2.46. The second-order valence-electron chi connectivity index (χ2n) is 10.2. The fourth-order valence-electron chi connectivity index (χ4n) is 5.53. The molecule has 0 saturated carbocycles. The number of carbonyl (C=O) groups is 1. The molecule has 0 unspecified atom stereocenters. The van der Waals surface area contributed by atoms with Crippen LogP contribution in [0.5, 0.6) is 0 Å². The number of piperidine rings is 2. The van der Waals surface area contributed by atoms with E-state index in [0.29, 0.717) is 42.7 Å². The Morgan fingerprint density at radius 1 is 0.950 bits per heavy atom. The second kappa shape index (κ2) is 13.5. The molecule has 2 aliphatic heterocycles. The zero-order chi connectivity index (χ0) is 27.8. The molecule has 2 fully saturated rings. The van der Waals surface area contributed by atoms with Crippen molar-refractivity contribution in [3.63, 3.8) is 0 Å². The van der Waals surface area contributed by atoms with Crippen LogP contribution >= 0.6 is 36.4 Å². The highest BCUT2D eigenvalue weighted by molar-refractivity contribution is 6.31. The molecule has 2 heterocycles. The Morgan fingerprint density at radius 3 is 2.05 bits per heavy atom. The van der Waals surface area contributed by atoms with E-state index in [1.165, 1.54) is 11.9 Å². The number of hydrogen-bond donors (Lipinski definition) is 1. The number of alkyl halides is 6. The van der Waals surface area contributed by atoms with Crippen molar-refractivity contribution in [3.05, 3.63) is 69.2 Å². The van der Waals surface area contributed by atoms with Crippen LogP contribution in [0.3, 0.4) is 0 Å². The smallest absolute Gasteiger partial charge is 0.338 e. The average Bonchev–Trinajstić information content (AvgIpc) is 2.88.